The monoisotopic (exact) mass is 228 g/mol. The molecule has 0 unspecified atom stereocenters. The zero-order valence-corrected chi connectivity index (χ0v) is 7.22. The zero-order chi connectivity index (χ0) is 9.00. The molecule has 0 saturated carbocycles. The predicted molar refractivity (Wildman–Crippen MR) is 30.5 cm³/mol. The molecular formula is H6NO9S2-3. The summed E-state index contributed by atoms with van der Waals surface area (Å²) in [5.74, 6) is 0. The molecule has 0 spiro atoms. The topological polar surface area (TPSA) is 229 Å². The molecule has 10 nitrogen and oxygen atoms in total. The van der Waals surface area contributed by atoms with E-state index in [-0.39, 0.29) is 11.6 Å². The lowest BCUT2D eigenvalue weighted by Crippen LogP contribution is -1.91. The van der Waals surface area contributed by atoms with Gasteiger partial charge < -0.3 is 29.8 Å². The van der Waals surface area contributed by atoms with E-state index in [1.54, 1.807) is 0 Å². The summed E-state index contributed by atoms with van der Waals surface area (Å²) >= 11 is 0. The quantitative estimate of drug-likeness (QED) is 0.328. The molecule has 0 heterocycles. The Morgan fingerprint density at radius 3 is 0.667 bits per heavy atom. The van der Waals surface area contributed by atoms with Gasteiger partial charge in [0, 0.05) is 20.8 Å². The summed E-state index contributed by atoms with van der Waals surface area (Å²) in [5.41, 5.74) is 0. The molecule has 0 fully saturated rings. The fourth-order valence-electron chi connectivity index (χ4n) is 0. The van der Waals surface area contributed by atoms with Crippen molar-refractivity contribution >= 4 is 20.8 Å². The van der Waals surface area contributed by atoms with Crippen LogP contribution >= 0.6 is 0 Å². The lowest BCUT2D eigenvalue weighted by molar-refractivity contribution is 0.350. The molecule has 12 heavy (non-hydrogen) atoms. The molecule has 0 atom stereocenters. The van der Waals surface area contributed by atoms with Crippen LogP contribution in [0.25, 0.3) is 0 Å². The van der Waals surface area contributed by atoms with E-state index in [1.165, 1.54) is 0 Å². The second-order valence-electron chi connectivity index (χ2n) is 0.816. The van der Waals surface area contributed by atoms with Gasteiger partial charge in [-0.05, 0) is 0 Å². The van der Waals surface area contributed by atoms with E-state index in [4.69, 9.17) is 35.0 Å². The summed E-state index contributed by atoms with van der Waals surface area (Å²) in [6.45, 7) is 0. The molecule has 6 N–H and O–H groups in total. The van der Waals surface area contributed by atoms with Crippen molar-refractivity contribution in [1.82, 2.24) is 6.15 Å². The lowest BCUT2D eigenvalue weighted by atomic mass is 14.0. The van der Waals surface area contributed by atoms with E-state index in [0.717, 1.165) is 0 Å². The van der Waals surface area contributed by atoms with Crippen LogP contribution in [0.3, 0.4) is 0 Å². The Balaban J connectivity index is -0.0000000457. The van der Waals surface area contributed by atoms with Gasteiger partial charge in [0.1, 0.15) is 0 Å². The molecule has 0 aromatic carbocycles. The number of rotatable bonds is 0. The Labute approximate surface area is 68.3 Å². The van der Waals surface area contributed by atoms with Gasteiger partial charge in [-0.2, -0.15) is 0 Å². The van der Waals surface area contributed by atoms with Gasteiger partial charge in [-0.3, -0.25) is 16.8 Å². The fraction of sp³-hybridized carbons (Fsp3) is 0. The van der Waals surface area contributed by atoms with Crippen LogP contribution in [-0.2, 0) is 20.8 Å². The number of hydrogen-bond acceptors (Lipinski definition) is 8. The van der Waals surface area contributed by atoms with Gasteiger partial charge >= 0.3 is 0 Å². The molecule has 0 aliphatic rings. The third-order valence-electron chi connectivity index (χ3n) is 0. The molecule has 80 valence electrons. The minimum Gasteiger partial charge on any atom is -0.759 e. The van der Waals surface area contributed by atoms with Gasteiger partial charge in [0.05, 0.1) is 0 Å². The second-order valence-corrected chi connectivity index (χ2v) is 2.45. The van der Waals surface area contributed by atoms with Crippen LogP contribution < -0.4 is 6.15 Å². The first-order valence-electron chi connectivity index (χ1n) is 1.33. The highest BCUT2D eigenvalue weighted by atomic mass is 32.3. The molecule has 0 aliphatic heterocycles. The van der Waals surface area contributed by atoms with Crippen molar-refractivity contribution in [3.05, 3.63) is 0 Å². The van der Waals surface area contributed by atoms with Crippen LogP contribution in [0, 0.1) is 0 Å². The first kappa shape index (κ1) is 22.6. The van der Waals surface area contributed by atoms with Crippen LogP contribution in [0.4, 0.5) is 0 Å². The molecule has 0 bridgehead atoms. The van der Waals surface area contributed by atoms with E-state index in [1.807, 2.05) is 0 Å². The molecule has 0 radical (unpaired) electrons. The zero-order valence-electron chi connectivity index (χ0n) is 5.58. The maximum atomic E-state index is 8.52. The van der Waals surface area contributed by atoms with Crippen LogP contribution in [0.2, 0.25) is 0 Å². The Bertz CT molecular complexity index is 209. The van der Waals surface area contributed by atoms with E-state index in [2.05, 4.69) is 0 Å². The molecule has 0 amide bonds. The van der Waals surface area contributed by atoms with E-state index in [0.29, 0.717) is 0 Å². The predicted octanol–water partition coefficient (Wildman–Crippen LogP) is -3.12. The molecule has 12 heteroatoms. The summed E-state index contributed by atoms with van der Waals surface area (Å²) in [5, 5.41) is 0. The smallest absolute Gasteiger partial charge is 0.0311 e. The lowest BCUT2D eigenvalue weighted by Gasteiger charge is -2.06. The Hall–Kier alpha value is -0.340. The number of hydrogen-bond donors (Lipinski definition) is 1. The van der Waals surface area contributed by atoms with Gasteiger partial charge in [0.15, 0.2) is 0 Å². The third kappa shape index (κ3) is 6270. The standard InChI is InChI=1S/H3N.2H2O4S.H2O/c;2*1-5(2,3)4;/h1H3;2*(H2,1,2,3,4);1H2/p-3. The maximum Gasteiger partial charge on any atom is 0.0311 e. The van der Waals surface area contributed by atoms with Crippen LogP contribution in [0.1, 0.15) is 0 Å². The summed E-state index contributed by atoms with van der Waals surface area (Å²) in [4.78, 5) is 0. The van der Waals surface area contributed by atoms with Crippen molar-refractivity contribution in [2.45, 2.75) is 0 Å². The minimum atomic E-state index is -5.17. The molecule has 0 aromatic heterocycles. The molecule has 0 rings (SSSR count). The highest BCUT2D eigenvalue weighted by Gasteiger charge is 1.50. The van der Waals surface area contributed by atoms with Crippen molar-refractivity contribution in [2.24, 2.45) is 0 Å². The fourth-order valence-corrected chi connectivity index (χ4v) is 0. The summed E-state index contributed by atoms with van der Waals surface area (Å²) in [7, 11) is -10.3. The summed E-state index contributed by atoms with van der Waals surface area (Å²) in [6.07, 6.45) is 0. The van der Waals surface area contributed by atoms with Crippen molar-refractivity contribution in [3.8, 4) is 0 Å². The average molecular weight is 228 g/mol. The maximum absolute atomic E-state index is 8.52. The largest absolute Gasteiger partial charge is 0.759 e. The van der Waals surface area contributed by atoms with Crippen molar-refractivity contribution < 1.29 is 40.5 Å². The third-order valence-corrected chi connectivity index (χ3v) is 0. The van der Waals surface area contributed by atoms with Crippen molar-refractivity contribution in [2.75, 3.05) is 0 Å². The van der Waals surface area contributed by atoms with Gasteiger partial charge in [0.25, 0.3) is 0 Å². The van der Waals surface area contributed by atoms with Crippen LogP contribution in [0.5, 0.6) is 0 Å². The Kier molecular flexibility index (Phi) is 13.8. The number of quaternary nitrogens is 1. The SMILES string of the molecule is O.O=S(=O)([O-])[O-].O=S(=O)([O-])[O-].[NH4+]. The van der Waals surface area contributed by atoms with Gasteiger partial charge in [-0.15, -0.1) is 0 Å². The van der Waals surface area contributed by atoms with Crippen LogP contribution in [-0.4, -0.2) is 40.5 Å². The van der Waals surface area contributed by atoms with Crippen molar-refractivity contribution in [1.29, 1.82) is 0 Å². The average Bonchev–Trinajstić information content (AvgIpc) is 1.12. The first-order chi connectivity index (χ1) is 4.00. The molecule has 0 aliphatic carbocycles. The molecular weight excluding hydrogens is 222 g/mol. The second kappa shape index (κ2) is 7.32. The normalized spacial score (nSPS) is 9.67. The summed E-state index contributed by atoms with van der Waals surface area (Å²) in [6, 6.07) is 0. The summed E-state index contributed by atoms with van der Waals surface area (Å²) < 4.78 is 68.2. The van der Waals surface area contributed by atoms with Gasteiger partial charge in [-0.25, -0.2) is 0 Å². The highest BCUT2D eigenvalue weighted by Crippen LogP contribution is 1.58. The van der Waals surface area contributed by atoms with E-state index < -0.39 is 20.8 Å². The molecule has 0 aromatic rings. The van der Waals surface area contributed by atoms with Crippen LogP contribution in [0.15, 0.2) is 0 Å². The Morgan fingerprint density at radius 1 is 0.667 bits per heavy atom. The van der Waals surface area contributed by atoms with Gasteiger partial charge in [0.2, 0.25) is 0 Å². The minimum absolute atomic E-state index is 0. The Morgan fingerprint density at radius 2 is 0.667 bits per heavy atom. The van der Waals surface area contributed by atoms with Crippen molar-refractivity contribution in [3.63, 3.8) is 0 Å². The first-order valence-corrected chi connectivity index (χ1v) is 4.00. The van der Waals surface area contributed by atoms with E-state index in [9.17, 15) is 0 Å². The highest BCUT2D eigenvalue weighted by molar-refractivity contribution is 7.79. The molecule has 0 saturated heterocycles. The van der Waals surface area contributed by atoms with E-state index >= 15 is 0 Å². The van der Waals surface area contributed by atoms with Gasteiger partial charge in [-0.1, -0.05) is 0 Å².